The molecule has 0 saturated carbocycles. The van der Waals surface area contributed by atoms with Crippen LogP contribution in [0, 0.1) is 6.92 Å². The Hall–Kier alpha value is -2.74. The number of aryl methyl sites for hydroxylation is 1. The summed E-state index contributed by atoms with van der Waals surface area (Å²) in [5.41, 5.74) is 0.349. The average Bonchev–Trinajstić information content (AvgIpc) is 2.93. The average molecular weight is 304 g/mol. The number of carbonyl (C=O) groups is 3. The van der Waals surface area contributed by atoms with Crippen LogP contribution in [0.4, 0.5) is 0 Å². The van der Waals surface area contributed by atoms with Crippen molar-refractivity contribution in [1.29, 1.82) is 0 Å². The second-order valence-corrected chi connectivity index (χ2v) is 5.43. The molecule has 2 heterocycles. The molecule has 0 aliphatic carbocycles. The first kappa shape index (κ1) is 13.3. The zero-order valence-corrected chi connectivity index (χ0v) is 11.5. The van der Waals surface area contributed by atoms with Gasteiger partial charge in [0.2, 0.25) is 10.9 Å². The van der Waals surface area contributed by atoms with Crippen molar-refractivity contribution >= 4 is 29.1 Å². The van der Waals surface area contributed by atoms with E-state index in [1.807, 2.05) is 0 Å². The number of aromatic hydroxyl groups is 1. The van der Waals surface area contributed by atoms with Gasteiger partial charge in [-0.3, -0.25) is 9.59 Å². The number of rotatable bonds is 2. The molecule has 0 radical (unpaired) electrons. The molecular weight excluding hydrogens is 296 g/mol. The Bertz CT molecular complexity index is 728. The lowest BCUT2D eigenvalue weighted by Crippen LogP contribution is -2.32. The van der Waals surface area contributed by atoms with Gasteiger partial charge in [0.25, 0.3) is 11.8 Å². The number of benzene rings is 1. The molecule has 8 heteroatoms. The maximum absolute atomic E-state index is 12.0. The van der Waals surface area contributed by atoms with Crippen LogP contribution in [0.3, 0.4) is 0 Å². The number of aromatic nitrogens is 1. The van der Waals surface area contributed by atoms with E-state index in [-0.39, 0.29) is 22.0 Å². The van der Waals surface area contributed by atoms with Crippen molar-refractivity contribution in [2.24, 2.45) is 0 Å². The van der Waals surface area contributed by atoms with E-state index in [2.05, 4.69) is 4.98 Å². The van der Waals surface area contributed by atoms with Crippen LogP contribution < -0.4 is 0 Å². The van der Waals surface area contributed by atoms with Gasteiger partial charge in [-0.05, 0) is 19.1 Å². The standard InChI is InChI=1S/C13H8N2O5S/c1-6-9(16)14-10(21-6)13(19)20-15-11(17)7-4-2-3-5-8(7)12(15)18/h2-5,16H,1H3. The van der Waals surface area contributed by atoms with E-state index < -0.39 is 17.8 Å². The summed E-state index contributed by atoms with van der Waals surface area (Å²) in [4.78, 5) is 44.7. The molecule has 0 saturated heterocycles. The first-order valence-corrected chi connectivity index (χ1v) is 6.67. The summed E-state index contributed by atoms with van der Waals surface area (Å²) in [5.74, 6) is -2.67. The molecule has 106 valence electrons. The van der Waals surface area contributed by atoms with Gasteiger partial charge in [-0.15, -0.1) is 11.3 Å². The summed E-state index contributed by atoms with van der Waals surface area (Å²) in [6.45, 7) is 1.58. The number of hydrogen-bond donors (Lipinski definition) is 1. The highest BCUT2D eigenvalue weighted by Crippen LogP contribution is 2.26. The summed E-state index contributed by atoms with van der Waals surface area (Å²) >= 11 is 0.907. The summed E-state index contributed by atoms with van der Waals surface area (Å²) in [6.07, 6.45) is 0. The van der Waals surface area contributed by atoms with Gasteiger partial charge < -0.3 is 9.94 Å². The molecule has 2 amide bonds. The van der Waals surface area contributed by atoms with Crippen molar-refractivity contribution in [1.82, 2.24) is 10.0 Å². The van der Waals surface area contributed by atoms with E-state index in [1.54, 1.807) is 19.1 Å². The zero-order valence-electron chi connectivity index (χ0n) is 10.7. The van der Waals surface area contributed by atoms with E-state index in [9.17, 15) is 19.5 Å². The number of hydroxylamine groups is 2. The van der Waals surface area contributed by atoms with E-state index in [0.717, 1.165) is 11.3 Å². The third-order valence-electron chi connectivity index (χ3n) is 2.88. The number of imide groups is 1. The van der Waals surface area contributed by atoms with Gasteiger partial charge in [0.15, 0.2) is 0 Å². The van der Waals surface area contributed by atoms with Gasteiger partial charge in [-0.1, -0.05) is 17.2 Å². The highest BCUT2D eigenvalue weighted by Gasteiger charge is 2.39. The summed E-state index contributed by atoms with van der Waals surface area (Å²) in [7, 11) is 0. The predicted octanol–water partition coefficient (Wildman–Crippen LogP) is 1.53. The Morgan fingerprint density at radius 1 is 1.24 bits per heavy atom. The van der Waals surface area contributed by atoms with E-state index in [0.29, 0.717) is 9.94 Å². The number of carbonyl (C=O) groups excluding carboxylic acids is 3. The molecular formula is C13H8N2O5S. The van der Waals surface area contributed by atoms with Crippen LogP contribution in [-0.2, 0) is 4.84 Å². The fourth-order valence-electron chi connectivity index (χ4n) is 1.85. The second-order valence-electron chi connectivity index (χ2n) is 4.23. The number of nitrogens with zero attached hydrogens (tertiary/aromatic N) is 2. The normalized spacial score (nSPS) is 13.5. The monoisotopic (exact) mass is 304 g/mol. The predicted molar refractivity (Wildman–Crippen MR) is 70.9 cm³/mol. The minimum atomic E-state index is -0.974. The fraction of sp³-hybridized carbons (Fsp3) is 0.0769. The molecule has 1 aliphatic heterocycles. The van der Waals surface area contributed by atoms with Crippen LogP contribution in [0.2, 0.25) is 0 Å². The minimum Gasteiger partial charge on any atom is -0.492 e. The van der Waals surface area contributed by atoms with Crippen LogP contribution in [-0.4, -0.2) is 32.9 Å². The number of amides is 2. The van der Waals surface area contributed by atoms with Crippen molar-refractivity contribution in [2.75, 3.05) is 0 Å². The third-order valence-corrected chi connectivity index (χ3v) is 3.82. The number of thiazole rings is 1. The molecule has 0 spiro atoms. The molecule has 21 heavy (non-hydrogen) atoms. The minimum absolute atomic E-state index is 0.137. The Kier molecular flexibility index (Phi) is 2.95. The first-order valence-electron chi connectivity index (χ1n) is 5.85. The van der Waals surface area contributed by atoms with Crippen molar-refractivity contribution in [3.05, 3.63) is 45.3 Å². The molecule has 2 aromatic rings. The Balaban J connectivity index is 1.85. The van der Waals surface area contributed by atoms with Crippen LogP contribution in [0.1, 0.15) is 35.4 Å². The largest absolute Gasteiger partial charge is 0.492 e. The van der Waals surface area contributed by atoms with E-state index in [1.165, 1.54) is 12.1 Å². The molecule has 1 aromatic carbocycles. The summed E-state index contributed by atoms with van der Waals surface area (Å²) in [5, 5.41) is 9.61. The maximum atomic E-state index is 12.0. The van der Waals surface area contributed by atoms with Crippen LogP contribution >= 0.6 is 11.3 Å². The lowest BCUT2D eigenvalue weighted by Gasteiger charge is -2.11. The van der Waals surface area contributed by atoms with Crippen molar-refractivity contribution < 1.29 is 24.3 Å². The maximum Gasteiger partial charge on any atom is 0.392 e. The molecule has 1 N–H and O–H groups in total. The number of fused-ring (bicyclic) bond motifs is 1. The molecule has 1 aromatic heterocycles. The molecule has 0 fully saturated rings. The fourth-order valence-corrected chi connectivity index (χ4v) is 2.53. The van der Waals surface area contributed by atoms with Crippen molar-refractivity contribution in [2.45, 2.75) is 6.92 Å². The van der Waals surface area contributed by atoms with Gasteiger partial charge in [0.1, 0.15) is 0 Å². The molecule has 0 atom stereocenters. The highest BCUT2D eigenvalue weighted by atomic mass is 32.1. The lowest BCUT2D eigenvalue weighted by atomic mass is 10.1. The van der Waals surface area contributed by atoms with Crippen molar-refractivity contribution in [3.63, 3.8) is 0 Å². The second kappa shape index (κ2) is 4.67. The smallest absolute Gasteiger partial charge is 0.392 e. The van der Waals surface area contributed by atoms with Gasteiger partial charge in [0.05, 0.1) is 16.0 Å². The SMILES string of the molecule is Cc1sc(C(=O)ON2C(=O)c3ccccc3C2=O)nc1O. The molecule has 1 aliphatic rings. The molecule has 0 bridgehead atoms. The quantitative estimate of drug-likeness (QED) is 0.845. The Morgan fingerprint density at radius 3 is 2.29 bits per heavy atom. The highest BCUT2D eigenvalue weighted by molar-refractivity contribution is 7.13. The summed E-state index contributed by atoms with van der Waals surface area (Å²) in [6, 6.07) is 6.17. The van der Waals surface area contributed by atoms with Crippen LogP contribution in [0.5, 0.6) is 5.88 Å². The van der Waals surface area contributed by atoms with Crippen LogP contribution in [0.15, 0.2) is 24.3 Å². The third kappa shape index (κ3) is 2.05. The molecule has 3 rings (SSSR count). The van der Waals surface area contributed by atoms with Crippen LogP contribution in [0.25, 0.3) is 0 Å². The van der Waals surface area contributed by atoms with Crippen molar-refractivity contribution in [3.8, 4) is 5.88 Å². The Labute approximate surface area is 122 Å². The van der Waals surface area contributed by atoms with Gasteiger partial charge in [0, 0.05) is 0 Å². The number of hydrogen-bond acceptors (Lipinski definition) is 7. The van der Waals surface area contributed by atoms with Gasteiger partial charge in [-0.2, -0.15) is 4.98 Å². The first-order chi connectivity index (χ1) is 9.99. The lowest BCUT2D eigenvalue weighted by molar-refractivity contribution is -0.0584. The zero-order chi connectivity index (χ0) is 15.1. The molecule has 0 unspecified atom stereocenters. The topological polar surface area (TPSA) is 96.8 Å². The van der Waals surface area contributed by atoms with E-state index in [4.69, 9.17) is 4.84 Å². The van der Waals surface area contributed by atoms with E-state index >= 15 is 0 Å². The summed E-state index contributed by atoms with van der Waals surface area (Å²) < 4.78 is 0. The molecule has 7 nitrogen and oxygen atoms in total. The van der Waals surface area contributed by atoms with Gasteiger partial charge >= 0.3 is 5.97 Å². The van der Waals surface area contributed by atoms with Gasteiger partial charge in [-0.25, -0.2) is 4.79 Å². The Morgan fingerprint density at radius 2 is 1.81 bits per heavy atom.